The molecule has 0 bridgehead atoms. The molecule has 0 fully saturated rings. The van der Waals surface area contributed by atoms with E-state index in [1.165, 1.54) is 6.42 Å². The zero-order chi connectivity index (χ0) is 41.5. The molecule has 0 aliphatic carbocycles. The Kier molecular flexibility index (Phi) is 41.7. The molecule has 0 heterocycles. The highest BCUT2D eigenvalue weighted by molar-refractivity contribution is 5.71. The van der Waals surface area contributed by atoms with Crippen molar-refractivity contribution in [3.63, 3.8) is 0 Å². The van der Waals surface area contributed by atoms with E-state index in [0.717, 1.165) is 128 Å². The first-order valence-corrected chi connectivity index (χ1v) is 22.5. The fourth-order valence-electron chi connectivity index (χ4n) is 5.54. The van der Waals surface area contributed by atoms with E-state index >= 15 is 0 Å². The lowest BCUT2D eigenvalue weighted by Crippen LogP contribution is -2.30. The van der Waals surface area contributed by atoms with Crippen molar-refractivity contribution in [1.82, 2.24) is 0 Å². The van der Waals surface area contributed by atoms with Gasteiger partial charge in [-0.2, -0.15) is 0 Å². The summed E-state index contributed by atoms with van der Waals surface area (Å²) in [5.74, 6) is -1.000. The number of esters is 3. The Morgan fingerprint density at radius 3 is 1.25 bits per heavy atom. The molecule has 0 saturated heterocycles. The minimum Gasteiger partial charge on any atom is -0.462 e. The fourth-order valence-corrected chi connectivity index (χ4v) is 5.54. The SMILES string of the molecule is CC/C=C\C/C=C\CCCCCCCC(=O)OC(COC(=O)CCCC/C=C\C/C=C\CC)COC(=O)CCCCCCC\C=C/C=C\C=C/C=C\C=C/CCC. The van der Waals surface area contributed by atoms with E-state index in [1.54, 1.807) is 0 Å². The molecule has 6 nitrogen and oxygen atoms in total. The van der Waals surface area contributed by atoms with Gasteiger partial charge in [0.05, 0.1) is 0 Å². The zero-order valence-corrected chi connectivity index (χ0v) is 36.3. The predicted octanol–water partition coefficient (Wildman–Crippen LogP) is 14.4. The number of ether oxygens (including phenoxy) is 3. The highest BCUT2D eigenvalue weighted by atomic mass is 16.6. The van der Waals surface area contributed by atoms with Crippen molar-refractivity contribution in [2.24, 2.45) is 0 Å². The van der Waals surface area contributed by atoms with Crippen molar-refractivity contribution in [2.75, 3.05) is 13.2 Å². The van der Waals surface area contributed by atoms with E-state index < -0.39 is 6.10 Å². The van der Waals surface area contributed by atoms with Crippen LogP contribution in [0.5, 0.6) is 0 Å². The van der Waals surface area contributed by atoms with Gasteiger partial charge in [-0.1, -0.05) is 175 Å². The van der Waals surface area contributed by atoms with E-state index in [9.17, 15) is 14.4 Å². The molecule has 0 rings (SSSR count). The van der Waals surface area contributed by atoms with Crippen LogP contribution >= 0.6 is 0 Å². The number of unbranched alkanes of at least 4 members (excludes halogenated alkanes) is 13. The van der Waals surface area contributed by atoms with Gasteiger partial charge in [0.1, 0.15) is 13.2 Å². The summed E-state index contributed by atoms with van der Waals surface area (Å²) in [4.78, 5) is 37.7. The largest absolute Gasteiger partial charge is 0.462 e. The van der Waals surface area contributed by atoms with Crippen LogP contribution in [0, 0.1) is 0 Å². The Morgan fingerprint density at radius 1 is 0.386 bits per heavy atom. The number of allylic oxidation sites excluding steroid dienone is 18. The maximum atomic E-state index is 12.7. The maximum absolute atomic E-state index is 12.7. The average Bonchev–Trinajstić information content (AvgIpc) is 3.21. The van der Waals surface area contributed by atoms with Gasteiger partial charge in [0.2, 0.25) is 0 Å². The molecule has 6 heteroatoms. The fraction of sp³-hybridized carbons (Fsp3) is 0.588. The summed E-state index contributed by atoms with van der Waals surface area (Å²) < 4.78 is 16.6. The molecule has 1 unspecified atom stereocenters. The maximum Gasteiger partial charge on any atom is 0.306 e. The van der Waals surface area contributed by atoms with Gasteiger partial charge in [-0.25, -0.2) is 0 Å². The van der Waals surface area contributed by atoms with Crippen molar-refractivity contribution < 1.29 is 28.6 Å². The Balaban J connectivity index is 4.47. The van der Waals surface area contributed by atoms with E-state index in [1.807, 2.05) is 36.5 Å². The monoisotopic (exact) mass is 789 g/mol. The second kappa shape index (κ2) is 44.8. The Labute approximate surface area is 349 Å². The van der Waals surface area contributed by atoms with Gasteiger partial charge >= 0.3 is 17.9 Å². The lowest BCUT2D eigenvalue weighted by atomic mass is 10.1. The smallest absolute Gasteiger partial charge is 0.306 e. The summed E-state index contributed by atoms with van der Waals surface area (Å²) in [5.41, 5.74) is 0. The number of carbonyl (C=O) groups excluding carboxylic acids is 3. The minimum atomic E-state index is -0.808. The van der Waals surface area contributed by atoms with Crippen molar-refractivity contribution >= 4 is 17.9 Å². The van der Waals surface area contributed by atoms with Crippen LogP contribution in [0.15, 0.2) is 109 Å². The van der Waals surface area contributed by atoms with Gasteiger partial charge in [-0.15, -0.1) is 0 Å². The van der Waals surface area contributed by atoms with Crippen LogP contribution in [0.4, 0.5) is 0 Å². The summed E-state index contributed by atoms with van der Waals surface area (Å²) in [6.07, 6.45) is 59.3. The van der Waals surface area contributed by atoms with E-state index in [0.29, 0.717) is 19.3 Å². The third-order valence-corrected chi connectivity index (χ3v) is 8.85. The lowest BCUT2D eigenvalue weighted by molar-refractivity contribution is -0.167. The topological polar surface area (TPSA) is 78.9 Å². The lowest BCUT2D eigenvalue weighted by Gasteiger charge is -2.18. The number of carbonyl (C=O) groups is 3. The first-order chi connectivity index (χ1) is 28.0. The molecular weight excluding hydrogens is 709 g/mol. The summed E-state index contributed by atoms with van der Waals surface area (Å²) in [5, 5.41) is 0. The highest BCUT2D eigenvalue weighted by Crippen LogP contribution is 2.12. The van der Waals surface area contributed by atoms with Crippen molar-refractivity contribution in [3.05, 3.63) is 109 Å². The van der Waals surface area contributed by atoms with Crippen molar-refractivity contribution in [2.45, 2.75) is 181 Å². The third kappa shape index (κ3) is 43.0. The molecule has 0 aliphatic rings. The first-order valence-electron chi connectivity index (χ1n) is 22.5. The Bertz CT molecular complexity index is 1230. The predicted molar refractivity (Wildman–Crippen MR) is 242 cm³/mol. The van der Waals surface area contributed by atoms with Crippen LogP contribution in [0.25, 0.3) is 0 Å². The molecule has 0 aromatic heterocycles. The van der Waals surface area contributed by atoms with Crippen LogP contribution in [0.2, 0.25) is 0 Å². The standard InChI is InChI=1S/C51H80O6/c1-4-7-10-13-16-19-21-23-24-25-26-27-28-30-32-35-38-41-44-50(53)56-47-48(46-55-49(52)43-40-37-34-31-18-15-12-9-6-3)57-51(54)45-42-39-36-33-29-22-20-17-14-11-8-5-2/h8-13,16-21,23-27,31,48H,4-7,14-15,22,28-30,32-47H2,1-3H3/b11-8-,12-9-,13-10-,19-16-,20-17-,23-21-,25-24-,27-26-,31-18-. The van der Waals surface area contributed by atoms with Gasteiger partial charge in [-0.05, 0) is 89.9 Å². The Hall–Kier alpha value is -3.93. The van der Waals surface area contributed by atoms with Crippen LogP contribution in [0.3, 0.4) is 0 Å². The van der Waals surface area contributed by atoms with E-state index in [-0.39, 0.29) is 31.1 Å². The van der Waals surface area contributed by atoms with Gasteiger partial charge in [-0.3, -0.25) is 14.4 Å². The molecule has 0 saturated carbocycles. The highest BCUT2D eigenvalue weighted by Gasteiger charge is 2.19. The number of hydrogen-bond donors (Lipinski definition) is 0. The number of hydrogen-bond acceptors (Lipinski definition) is 6. The summed E-state index contributed by atoms with van der Waals surface area (Å²) in [6, 6.07) is 0. The zero-order valence-electron chi connectivity index (χ0n) is 36.3. The molecule has 1 atom stereocenters. The van der Waals surface area contributed by atoms with Crippen molar-refractivity contribution in [1.29, 1.82) is 0 Å². The summed E-state index contributed by atoms with van der Waals surface area (Å²) in [7, 11) is 0. The third-order valence-electron chi connectivity index (χ3n) is 8.85. The van der Waals surface area contributed by atoms with Crippen LogP contribution in [0.1, 0.15) is 175 Å². The first kappa shape index (κ1) is 53.1. The molecule has 0 aromatic carbocycles. The Morgan fingerprint density at radius 2 is 0.754 bits per heavy atom. The molecule has 0 radical (unpaired) electrons. The minimum absolute atomic E-state index is 0.111. The number of rotatable bonds is 38. The second-order valence-electron chi connectivity index (χ2n) is 14.3. The normalized spacial score (nSPS) is 13.1. The van der Waals surface area contributed by atoms with Crippen LogP contribution in [-0.2, 0) is 28.6 Å². The van der Waals surface area contributed by atoms with Gasteiger partial charge in [0.25, 0.3) is 0 Å². The van der Waals surface area contributed by atoms with Gasteiger partial charge < -0.3 is 14.2 Å². The van der Waals surface area contributed by atoms with Crippen LogP contribution in [-0.4, -0.2) is 37.2 Å². The molecule has 320 valence electrons. The molecule has 57 heavy (non-hydrogen) atoms. The molecular formula is C51H80O6. The average molecular weight is 789 g/mol. The summed E-state index contributed by atoms with van der Waals surface area (Å²) in [6.45, 7) is 6.21. The van der Waals surface area contributed by atoms with Crippen molar-refractivity contribution in [3.8, 4) is 0 Å². The second-order valence-corrected chi connectivity index (χ2v) is 14.3. The van der Waals surface area contributed by atoms with Crippen LogP contribution < -0.4 is 0 Å². The molecule has 0 amide bonds. The van der Waals surface area contributed by atoms with E-state index in [2.05, 4.69) is 93.7 Å². The summed E-state index contributed by atoms with van der Waals surface area (Å²) >= 11 is 0. The molecule has 0 aliphatic heterocycles. The quantitative estimate of drug-likeness (QED) is 0.0204. The van der Waals surface area contributed by atoms with Gasteiger partial charge in [0, 0.05) is 19.3 Å². The molecule has 0 N–H and O–H groups in total. The van der Waals surface area contributed by atoms with E-state index in [4.69, 9.17) is 14.2 Å². The molecule has 0 spiro atoms. The van der Waals surface area contributed by atoms with Gasteiger partial charge in [0.15, 0.2) is 6.10 Å². The molecule has 0 aromatic rings.